The summed E-state index contributed by atoms with van der Waals surface area (Å²) in [6, 6.07) is 4.37. The number of Topliss-reactive ketones (excluding diaryl/α,β-unsaturated/α-hetero) is 1. The van der Waals surface area contributed by atoms with E-state index in [4.69, 9.17) is 9.47 Å². The van der Waals surface area contributed by atoms with Crippen LogP contribution in [-0.2, 0) is 16.6 Å². The SMILES string of the molecule is COc1ccc2c3c1O[C@H]1C(=O)CC[C@@]4(O)[C@H]5C(C2)(C[C@]314)[N+]5(C)CC1CC1. The van der Waals surface area contributed by atoms with Gasteiger partial charge in [-0.25, -0.2) is 0 Å². The minimum atomic E-state index is -0.849. The van der Waals surface area contributed by atoms with Gasteiger partial charge in [0.2, 0.25) is 0 Å². The number of hydrogen-bond donors (Lipinski definition) is 1. The highest BCUT2D eigenvalue weighted by Gasteiger charge is 2.96. The number of fused-ring (bicyclic) bond motifs is 1. The van der Waals surface area contributed by atoms with E-state index < -0.39 is 17.1 Å². The maximum atomic E-state index is 12.9. The summed E-state index contributed by atoms with van der Waals surface area (Å²) in [5.41, 5.74) is 1.03. The Bertz CT molecular complexity index is 940. The van der Waals surface area contributed by atoms with Crippen molar-refractivity contribution in [2.75, 3.05) is 20.7 Å². The first-order chi connectivity index (χ1) is 12.9. The molecule has 5 heteroatoms. The third-order valence-electron chi connectivity index (χ3n) is 9.27. The lowest BCUT2D eigenvalue weighted by atomic mass is 9.56. The molecule has 0 aromatic heterocycles. The normalized spacial score (nSPS) is 50.1. The van der Waals surface area contributed by atoms with E-state index in [1.54, 1.807) is 7.11 Å². The fraction of sp³-hybridized carbons (Fsp3) is 0.682. The Kier molecular flexibility index (Phi) is 2.31. The van der Waals surface area contributed by atoms with E-state index >= 15 is 0 Å². The Morgan fingerprint density at radius 3 is 2.93 bits per heavy atom. The van der Waals surface area contributed by atoms with E-state index in [9.17, 15) is 9.90 Å². The molecule has 2 spiro atoms. The minimum absolute atomic E-state index is 0.0762. The number of aliphatic hydroxyl groups is 1. The van der Waals surface area contributed by atoms with Crippen LogP contribution in [0.5, 0.6) is 11.5 Å². The molecule has 1 aromatic carbocycles. The molecule has 142 valence electrons. The molecule has 27 heavy (non-hydrogen) atoms. The standard InChI is InChI=1S/C22H26NO4/c1-23(10-12-3-4-12)19-20(23)9-13-5-6-15(26-2)17-16(13)21(11-20)18(27-17)14(24)7-8-22(19,21)25/h5-6,12,18-19,25H,3-4,7-11H2,1-2H3/q+1/t18-,19+,20?,21-,22+,23?/m0/s1. The molecule has 1 saturated heterocycles. The molecule has 6 atom stereocenters. The number of ketones is 1. The van der Waals surface area contributed by atoms with Crippen molar-refractivity contribution in [1.82, 2.24) is 0 Å². The van der Waals surface area contributed by atoms with E-state index in [0.717, 1.165) is 34.6 Å². The number of quaternary nitrogens is 1. The lowest BCUT2D eigenvalue weighted by Crippen LogP contribution is -2.67. The van der Waals surface area contributed by atoms with Crippen LogP contribution >= 0.6 is 0 Å². The zero-order valence-corrected chi connectivity index (χ0v) is 16.0. The number of methoxy groups -OCH3 is 1. The first-order valence-corrected chi connectivity index (χ1v) is 10.4. The third kappa shape index (κ3) is 1.32. The topological polar surface area (TPSA) is 55.8 Å². The van der Waals surface area contributed by atoms with Gasteiger partial charge in [-0.2, -0.15) is 0 Å². The predicted molar refractivity (Wildman–Crippen MR) is 96.9 cm³/mol. The van der Waals surface area contributed by atoms with Gasteiger partial charge >= 0.3 is 0 Å². The molecule has 2 aliphatic heterocycles. The molecule has 4 fully saturated rings. The number of benzene rings is 1. The fourth-order valence-electron chi connectivity index (χ4n) is 8.24. The summed E-state index contributed by atoms with van der Waals surface area (Å²) in [6.45, 7) is 1.18. The number of likely N-dealkylation sites (N-methyl/N-ethyl adjacent to an activating group) is 1. The number of likely N-dealkylation sites (tertiary alicyclic amines) is 1. The lowest BCUT2D eigenvalue weighted by Gasteiger charge is -2.50. The quantitative estimate of drug-likeness (QED) is 0.652. The average Bonchev–Trinajstić information content (AvgIpc) is 3.46. The van der Waals surface area contributed by atoms with Crippen LogP contribution in [0.1, 0.15) is 43.2 Å². The van der Waals surface area contributed by atoms with Gasteiger partial charge in [-0.1, -0.05) is 6.07 Å². The van der Waals surface area contributed by atoms with Gasteiger partial charge in [0.15, 0.2) is 35.0 Å². The second kappa shape index (κ2) is 4.06. The van der Waals surface area contributed by atoms with E-state index in [1.165, 1.54) is 24.9 Å². The summed E-state index contributed by atoms with van der Waals surface area (Å²) in [5.74, 6) is 2.39. The molecule has 7 rings (SSSR count). The number of ether oxygens (including phenoxy) is 2. The van der Waals surface area contributed by atoms with Crippen LogP contribution in [0.4, 0.5) is 0 Å². The molecule has 2 unspecified atom stereocenters. The molecule has 0 radical (unpaired) electrons. The number of piperidine rings is 1. The largest absolute Gasteiger partial charge is 0.493 e. The van der Waals surface area contributed by atoms with Crippen molar-refractivity contribution >= 4 is 5.78 Å². The second-order valence-electron chi connectivity index (χ2n) is 10.2. The first kappa shape index (κ1) is 15.3. The number of hydrogen-bond acceptors (Lipinski definition) is 4. The third-order valence-corrected chi connectivity index (χ3v) is 9.27. The van der Waals surface area contributed by atoms with Crippen LogP contribution < -0.4 is 9.47 Å². The van der Waals surface area contributed by atoms with E-state index in [-0.39, 0.29) is 17.4 Å². The van der Waals surface area contributed by atoms with Gasteiger partial charge in [-0.3, -0.25) is 4.79 Å². The van der Waals surface area contributed by atoms with Gasteiger partial charge in [-0.15, -0.1) is 0 Å². The maximum absolute atomic E-state index is 12.9. The number of carbonyl (C=O) groups is 1. The maximum Gasteiger partial charge on any atom is 0.175 e. The van der Waals surface area contributed by atoms with Crippen LogP contribution in [0.3, 0.4) is 0 Å². The predicted octanol–water partition coefficient (Wildman–Crippen LogP) is 1.73. The smallest absolute Gasteiger partial charge is 0.175 e. The van der Waals surface area contributed by atoms with Gasteiger partial charge in [0.05, 0.1) is 26.1 Å². The van der Waals surface area contributed by atoms with Crippen molar-refractivity contribution in [3.8, 4) is 11.5 Å². The number of rotatable bonds is 3. The summed E-state index contributed by atoms with van der Waals surface area (Å²) < 4.78 is 12.9. The molecule has 1 aromatic rings. The molecule has 0 amide bonds. The highest BCUT2D eigenvalue weighted by atomic mass is 16.5. The summed E-state index contributed by atoms with van der Waals surface area (Å²) >= 11 is 0. The molecule has 3 saturated carbocycles. The Balaban J connectivity index is 1.50. The van der Waals surface area contributed by atoms with E-state index in [2.05, 4.69) is 13.1 Å². The molecule has 4 aliphatic carbocycles. The first-order valence-electron chi connectivity index (χ1n) is 10.4. The Labute approximate surface area is 158 Å². The Morgan fingerprint density at radius 2 is 2.19 bits per heavy atom. The fourth-order valence-corrected chi connectivity index (χ4v) is 8.24. The molecule has 2 heterocycles. The van der Waals surface area contributed by atoms with Crippen molar-refractivity contribution in [2.24, 2.45) is 5.92 Å². The van der Waals surface area contributed by atoms with Crippen molar-refractivity contribution in [2.45, 2.75) is 67.2 Å². The summed E-state index contributed by atoms with van der Waals surface area (Å²) in [4.78, 5) is 12.9. The van der Waals surface area contributed by atoms with Crippen molar-refractivity contribution in [3.05, 3.63) is 23.3 Å². The highest BCUT2D eigenvalue weighted by molar-refractivity contribution is 5.90. The number of nitrogens with zero attached hydrogens (tertiary/aromatic N) is 1. The van der Waals surface area contributed by atoms with Crippen molar-refractivity contribution in [3.63, 3.8) is 0 Å². The molecular formula is C22H26NO4+. The van der Waals surface area contributed by atoms with Crippen LogP contribution in [0, 0.1) is 5.92 Å². The second-order valence-corrected chi connectivity index (χ2v) is 10.2. The summed E-state index contributed by atoms with van der Waals surface area (Å²) in [5, 5.41) is 12.3. The van der Waals surface area contributed by atoms with Crippen molar-refractivity contribution < 1.29 is 23.9 Å². The zero-order valence-electron chi connectivity index (χ0n) is 16.0. The lowest BCUT2D eigenvalue weighted by molar-refractivity contribution is -0.834. The molecule has 2 bridgehead atoms. The Morgan fingerprint density at radius 1 is 1.37 bits per heavy atom. The monoisotopic (exact) mass is 368 g/mol. The summed E-state index contributed by atoms with van der Waals surface area (Å²) in [7, 11) is 4.01. The average molecular weight is 368 g/mol. The zero-order chi connectivity index (χ0) is 18.4. The van der Waals surface area contributed by atoms with Gasteiger partial charge in [0.1, 0.15) is 5.60 Å². The van der Waals surface area contributed by atoms with Crippen LogP contribution in [0.2, 0.25) is 0 Å². The van der Waals surface area contributed by atoms with Crippen LogP contribution in [0.25, 0.3) is 0 Å². The molecular weight excluding hydrogens is 342 g/mol. The summed E-state index contributed by atoms with van der Waals surface area (Å²) in [6.07, 6.45) is 5.00. The van der Waals surface area contributed by atoms with E-state index in [1.807, 2.05) is 6.07 Å². The molecule has 1 N–H and O–H groups in total. The van der Waals surface area contributed by atoms with Gasteiger partial charge in [-0.05, 0) is 30.9 Å². The van der Waals surface area contributed by atoms with Crippen LogP contribution in [-0.4, -0.2) is 59.4 Å². The van der Waals surface area contributed by atoms with E-state index in [0.29, 0.717) is 18.6 Å². The molecule has 6 aliphatic rings. The minimum Gasteiger partial charge on any atom is -0.493 e. The van der Waals surface area contributed by atoms with Gasteiger partial charge < -0.3 is 19.1 Å². The highest BCUT2D eigenvalue weighted by Crippen LogP contribution is 2.79. The van der Waals surface area contributed by atoms with Crippen LogP contribution in [0.15, 0.2) is 12.1 Å². The van der Waals surface area contributed by atoms with Gasteiger partial charge in [0, 0.05) is 30.7 Å². The van der Waals surface area contributed by atoms with Crippen molar-refractivity contribution in [1.29, 1.82) is 0 Å². The van der Waals surface area contributed by atoms with Gasteiger partial charge in [0.25, 0.3) is 0 Å². The Hall–Kier alpha value is -1.59. The number of carbonyl (C=O) groups excluding carboxylic acids is 1. The molecule has 5 nitrogen and oxygen atoms in total.